The third-order valence-electron chi connectivity index (χ3n) is 5.83. The Morgan fingerprint density at radius 1 is 1.00 bits per heavy atom. The molecule has 6 nitrogen and oxygen atoms in total. The van der Waals surface area contributed by atoms with Crippen LogP contribution in [0.4, 0.5) is 4.39 Å². The molecule has 0 spiro atoms. The van der Waals surface area contributed by atoms with Gasteiger partial charge in [0, 0.05) is 16.1 Å². The SMILES string of the molecule is CC1=CC[C@H]2C(=O)N(N(CC(=O)c3ccc(F)cc3)C(=O)c3ccc(Cl)cc3)C(=O)[C@H]2C1. The topological polar surface area (TPSA) is 74.8 Å². The van der Waals surface area contributed by atoms with Crippen molar-refractivity contribution in [3.8, 4) is 0 Å². The lowest BCUT2D eigenvalue weighted by Crippen LogP contribution is -2.52. The number of Topliss-reactive ketones (excluding diaryl/α,β-unsaturated/α-hetero) is 1. The van der Waals surface area contributed by atoms with Gasteiger partial charge in [0.25, 0.3) is 17.7 Å². The van der Waals surface area contributed by atoms with Crippen molar-refractivity contribution in [3.63, 3.8) is 0 Å². The zero-order valence-electron chi connectivity index (χ0n) is 17.3. The first-order valence-corrected chi connectivity index (χ1v) is 10.5. The largest absolute Gasteiger partial charge is 0.292 e. The van der Waals surface area contributed by atoms with Crippen LogP contribution in [0.1, 0.15) is 40.5 Å². The van der Waals surface area contributed by atoms with Crippen LogP contribution in [0.5, 0.6) is 0 Å². The number of amides is 3. The van der Waals surface area contributed by atoms with Gasteiger partial charge in [-0.3, -0.25) is 19.2 Å². The Bertz CT molecular complexity index is 1130. The maximum Gasteiger partial charge on any atom is 0.273 e. The van der Waals surface area contributed by atoms with Gasteiger partial charge in [-0.15, -0.1) is 0 Å². The van der Waals surface area contributed by atoms with Crippen LogP contribution in [0.25, 0.3) is 0 Å². The molecular formula is C24H20ClFN2O4. The monoisotopic (exact) mass is 454 g/mol. The maximum absolute atomic E-state index is 13.3. The Balaban J connectivity index is 1.68. The van der Waals surface area contributed by atoms with Gasteiger partial charge in [0.15, 0.2) is 5.78 Å². The second kappa shape index (κ2) is 8.67. The zero-order valence-corrected chi connectivity index (χ0v) is 18.0. The average molecular weight is 455 g/mol. The van der Waals surface area contributed by atoms with Crippen molar-refractivity contribution in [2.75, 3.05) is 6.54 Å². The smallest absolute Gasteiger partial charge is 0.273 e. The molecule has 0 radical (unpaired) electrons. The van der Waals surface area contributed by atoms with Gasteiger partial charge < -0.3 is 0 Å². The minimum absolute atomic E-state index is 0.161. The highest BCUT2D eigenvalue weighted by Gasteiger charge is 2.51. The Morgan fingerprint density at radius 3 is 2.25 bits per heavy atom. The number of rotatable bonds is 5. The highest BCUT2D eigenvalue weighted by molar-refractivity contribution is 6.30. The molecule has 8 heteroatoms. The Hall–Kier alpha value is -3.32. The fourth-order valence-corrected chi connectivity index (χ4v) is 4.22. The third kappa shape index (κ3) is 4.08. The normalized spacial score (nSPS) is 20.1. The number of nitrogens with zero attached hydrogens (tertiary/aromatic N) is 2. The predicted molar refractivity (Wildman–Crippen MR) is 115 cm³/mol. The molecule has 1 heterocycles. The van der Waals surface area contributed by atoms with E-state index in [-0.39, 0.29) is 11.1 Å². The summed E-state index contributed by atoms with van der Waals surface area (Å²) in [6.07, 6.45) is 2.76. The lowest BCUT2D eigenvalue weighted by Gasteiger charge is -2.30. The molecule has 32 heavy (non-hydrogen) atoms. The van der Waals surface area contributed by atoms with Crippen molar-refractivity contribution in [1.82, 2.24) is 10.0 Å². The Labute approximate surface area is 189 Å². The summed E-state index contributed by atoms with van der Waals surface area (Å²) < 4.78 is 13.3. The number of carbonyl (C=O) groups excluding carboxylic acids is 4. The summed E-state index contributed by atoms with van der Waals surface area (Å²) in [7, 11) is 0. The van der Waals surface area contributed by atoms with Crippen molar-refractivity contribution in [1.29, 1.82) is 0 Å². The minimum atomic E-state index is -0.679. The van der Waals surface area contributed by atoms with Crippen LogP contribution in [0.2, 0.25) is 5.02 Å². The average Bonchev–Trinajstić information content (AvgIpc) is 3.02. The standard InChI is InChI=1S/C24H20ClFN2O4/c1-14-2-11-19-20(12-14)24(32)28(23(19)31)27(22(30)16-3-7-17(25)8-4-16)13-21(29)15-5-9-18(26)10-6-15/h2-10,19-20H,11-13H2,1H3/t19-,20+/m1/s1. The molecule has 0 unspecified atom stereocenters. The van der Waals surface area contributed by atoms with E-state index in [0.717, 1.165) is 27.7 Å². The van der Waals surface area contributed by atoms with E-state index in [1.54, 1.807) is 0 Å². The molecule has 0 bridgehead atoms. The number of ketones is 1. The van der Waals surface area contributed by atoms with Gasteiger partial charge in [-0.1, -0.05) is 23.3 Å². The van der Waals surface area contributed by atoms with E-state index in [1.165, 1.54) is 36.4 Å². The molecule has 0 saturated carbocycles. The Morgan fingerprint density at radius 2 is 1.59 bits per heavy atom. The molecule has 164 valence electrons. The maximum atomic E-state index is 13.3. The molecule has 2 aliphatic rings. The number of benzene rings is 2. The van der Waals surface area contributed by atoms with Crippen LogP contribution < -0.4 is 0 Å². The van der Waals surface area contributed by atoms with Gasteiger partial charge in [0.05, 0.1) is 11.8 Å². The van der Waals surface area contributed by atoms with Crippen molar-refractivity contribution in [2.45, 2.75) is 19.8 Å². The molecule has 2 atom stereocenters. The van der Waals surface area contributed by atoms with Crippen LogP contribution >= 0.6 is 11.6 Å². The number of imide groups is 1. The van der Waals surface area contributed by atoms with Gasteiger partial charge in [0.1, 0.15) is 12.4 Å². The summed E-state index contributed by atoms with van der Waals surface area (Å²) in [6, 6.07) is 10.8. The first-order chi connectivity index (χ1) is 15.3. The number of carbonyl (C=O) groups is 4. The number of hydrogen-bond acceptors (Lipinski definition) is 4. The van der Waals surface area contributed by atoms with Crippen LogP contribution in [0.3, 0.4) is 0 Å². The number of hydrazine groups is 1. The van der Waals surface area contributed by atoms with E-state index in [9.17, 15) is 23.6 Å². The molecule has 0 N–H and O–H groups in total. The van der Waals surface area contributed by atoms with Gasteiger partial charge in [-0.2, -0.15) is 5.01 Å². The number of allylic oxidation sites excluding steroid dienone is 2. The van der Waals surface area contributed by atoms with Crippen molar-refractivity contribution < 1.29 is 23.6 Å². The predicted octanol–water partition coefficient (Wildman–Crippen LogP) is 4.06. The van der Waals surface area contributed by atoms with Crippen molar-refractivity contribution in [2.24, 2.45) is 11.8 Å². The highest BCUT2D eigenvalue weighted by Crippen LogP contribution is 2.38. The minimum Gasteiger partial charge on any atom is -0.292 e. The molecule has 2 aromatic rings. The number of halogens is 2. The third-order valence-corrected chi connectivity index (χ3v) is 6.08. The highest BCUT2D eigenvalue weighted by atomic mass is 35.5. The van der Waals surface area contributed by atoms with Crippen LogP contribution in [0.15, 0.2) is 60.2 Å². The summed E-state index contributed by atoms with van der Waals surface area (Å²) in [5.74, 6) is -3.84. The molecule has 3 amide bonds. The summed E-state index contributed by atoms with van der Waals surface area (Å²) in [4.78, 5) is 52.6. The van der Waals surface area contributed by atoms with Gasteiger partial charge in [-0.25, -0.2) is 9.40 Å². The molecule has 1 aliphatic carbocycles. The van der Waals surface area contributed by atoms with E-state index in [2.05, 4.69) is 0 Å². The van der Waals surface area contributed by atoms with Gasteiger partial charge in [-0.05, 0) is 68.3 Å². The van der Waals surface area contributed by atoms with E-state index in [1.807, 2.05) is 13.0 Å². The molecule has 1 aliphatic heterocycles. The zero-order chi connectivity index (χ0) is 23.0. The number of hydrogen-bond donors (Lipinski definition) is 0. The summed E-state index contributed by atoms with van der Waals surface area (Å²) >= 11 is 5.91. The molecule has 1 saturated heterocycles. The molecular weight excluding hydrogens is 435 g/mol. The fraction of sp³-hybridized carbons (Fsp3) is 0.250. The van der Waals surface area contributed by atoms with Crippen LogP contribution in [-0.4, -0.2) is 40.1 Å². The fourth-order valence-electron chi connectivity index (χ4n) is 4.10. The number of fused-ring (bicyclic) bond motifs is 1. The van der Waals surface area contributed by atoms with Crippen molar-refractivity contribution >= 4 is 35.1 Å². The molecule has 4 rings (SSSR count). The second-order valence-electron chi connectivity index (χ2n) is 7.99. The molecule has 0 aromatic heterocycles. The lowest BCUT2D eigenvalue weighted by atomic mass is 9.82. The van der Waals surface area contributed by atoms with Crippen molar-refractivity contribution in [3.05, 3.63) is 82.1 Å². The first kappa shape index (κ1) is 21.9. The van der Waals surface area contributed by atoms with Crippen LogP contribution in [-0.2, 0) is 9.59 Å². The van der Waals surface area contributed by atoms with E-state index >= 15 is 0 Å². The Kier molecular flexibility index (Phi) is 5.93. The lowest BCUT2D eigenvalue weighted by molar-refractivity contribution is -0.154. The van der Waals surface area contributed by atoms with E-state index < -0.39 is 47.7 Å². The van der Waals surface area contributed by atoms with Gasteiger partial charge >= 0.3 is 0 Å². The van der Waals surface area contributed by atoms with E-state index in [0.29, 0.717) is 17.9 Å². The quantitative estimate of drug-likeness (QED) is 0.388. The molecule has 2 aromatic carbocycles. The summed E-state index contributed by atoms with van der Waals surface area (Å²) in [5, 5.41) is 2.13. The first-order valence-electron chi connectivity index (χ1n) is 10.2. The van der Waals surface area contributed by atoms with Gasteiger partial charge in [0.2, 0.25) is 0 Å². The summed E-state index contributed by atoms with van der Waals surface area (Å²) in [5.41, 5.74) is 1.34. The van der Waals surface area contributed by atoms with Crippen LogP contribution in [0, 0.1) is 17.7 Å². The van der Waals surface area contributed by atoms with E-state index in [4.69, 9.17) is 11.6 Å². The molecule has 1 fully saturated rings. The summed E-state index contributed by atoms with van der Waals surface area (Å²) in [6.45, 7) is 1.35. The second-order valence-corrected chi connectivity index (χ2v) is 8.43.